The Hall–Kier alpha value is -2.91. The van der Waals surface area contributed by atoms with Crippen molar-refractivity contribution in [3.05, 3.63) is 70.1 Å². The first kappa shape index (κ1) is 30.1. The van der Waals surface area contributed by atoms with Gasteiger partial charge in [0.1, 0.15) is 22.4 Å². The van der Waals surface area contributed by atoms with Crippen molar-refractivity contribution in [1.29, 1.82) is 0 Å². The maximum absolute atomic E-state index is 13.1. The molecule has 14 heteroatoms. The summed E-state index contributed by atoms with van der Waals surface area (Å²) in [5.74, 6) is -0.431. The number of amides is 1. The summed E-state index contributed by atoms with van der Waals surface area (Å²) in [6, 6.07) is 9.51. The zero-order valence-electron chi connectivity index (χ0n) is 21.8. The molecule has 1 unspecified atom stereocenters. The topological polar surface area (TPSA) is 119 Å². The largest absolute Gasteiger partial charge is 0.416 e. The monoisotopic (exact) mass is 598 g/mol. The molecule has 40 heavy (non-hydrogen) atoms. The average Bonchev–Trinajstić information content (AvgIpc) is 3.22. The minimum atomic E-state index is -4.54. The Morgan fingerprint density at radius 2 is 1.90 bits per heavy atom. The molecule has 2 heterocycles. The Kier molecular flexibility index (Phi) is 8.66. The van der Waals surface area contributed by atoms with E-state index in [4.69, 9.17) is 5.11 Å². The van der Waals surface area contributed by atoms with Crippen molar-refractivity contribution in [3.8, 4) is 0 Å². The fourth-order valence-corrected chi connectivity index (χ4v) is 6.79. The number of aliphatic hydroxyl groups is 1. The summed E-state index contributed by atoms with van der Waals surface area (Å²) in [5, 5.41) is 12.7. The smallest absolute Gasteiger partial charge is 0.395 e. The summed E-state index contributed by atoms with van der Waals surface area (Å²) in [6.07, 6.45) is -2.93. The van der Waals surface area contributed by atoms with Gasteiger partial charge in [-0.25, -0.2) is 16.9 Å². The standard InChI is InChI=1S/C26H29F3N4O5S2/c1-18-16-22(39(36)32(2)13-14-34)7-6-19(18)8-15-40(37,38)33-11-9-25(10-12-33)24(35)30-23(31-25)20-4-3-5-21(17-20)26(27,28)29/h3-8,15-17,34H,9-14H2,1-2H3,(H,30,31,35). The van der Waals surface area contributed by atoms with Crippen molar-refractivity contribution in [3.63, 3.8) is 0 Å². The number of nitrogens with one attached hydrogen (secondary N) is 1. The van der Waals surface area contributed by atoms with Crippen LogP contribution in [-0.2, 0) is 32.0 Å². The number of hydrogen-bond donors (Lipinski definition) is 2. The molecule has 1 fully saturated rings. The van der Waals surface area contributed by atoms with E-state index in [0.717, 1.165) is 17.5 Å². The first-order chi connectivity index (χ1) is 18.8. The molecule has 0 radical (unpaired) electrons. The second-order valence-corrected chi connectivity index (χ2v) is 13.0. The van der Waals surface area contributed by atoms with Crippen LogP contribution in [0.15, 0.2) is 57.8 Å². The number of alkyl halides is 3. The highest BCUT2D eigenvalue weighted by molar-refractivity contribution is 7.92. The molecule has 0 aliphatic carbocycles. The first-order valence-electron chi connectivity index (χ1n) is 12.4. The summed E-state index contributed by atoms with van der Waals surface area (Å²) in [7, 11) is -3.69. The number of nitrogens with zero attached hydrogens (tertiary/aromatic N) is 3. The lowest BCUT2D eigenvalue weighted by Crippen LogP contribution is -2.50. The van der Waals surface area contributed by atoms with Gasteiger partial charge < -0.3 is 10.4 Å². The Labute approximate surface area is 233 Å². The van der Waals surface area contributed by atoms with Crippen LogP contribution in [0, 0.1) is 6.92 Å². The molecule has 0 saturated carbocycles. The van der Waals surface area contributed by atoms with Gasteiger partial charge in [-0.15, -0.1) is 0 Å². The third-order valence-corrected chi connectivity index (χ3v) is 9.88. The lowest BCUT2D eigenvalue weighted by molar-refractivity contribution is -0.137. The highest BCUT2D eigenvalue weighted by Crippen LogP contribution is 2.34. The molecule has 9 nitrogen and oxygen atoms in total. The van der Waals surface area contributed by atoms with Crippen LogP contribution in [0.25, 0.3) is 6.08 Å². The number of aliphatic hydroxyl groups excluding tert-OH is 1. The van der Waals surface area contributed by atoms with Crippen LogP contribution in [0.3, 0.4) is 0 Å². The van der Waals surface area contributed by atoms with Crippen LogP contribution in [0.2, 0.25) is 0 Å². The second-order valence-electron chi connectivity index (χ2n) is 9.61. The van der Waals surface area contributed by atoms with Crippen molar-refractivity contribution in [2.75, 3.05) is 33.3 Å². The molecule has 1 saturated heterocycles. The van der Waals surface area contributed by atoms with Gasteiger partial charge in [0.15, 0.2) is 0 Å². The van der Waals surface area contributed by atoms with Crippen LogP contribution in [-0.4, -0.2) is 76.9 Å². The van der Waals surface area contributed by atoms with Crippen LogP contribution in [0.4, 0.5) is 13.2 Å². The number of sulfonamides is 1. The number of carbonyl (C=O) groups excluding carboxylic acids is 1. The zero-order valence-corrected chi connectivity index (χ0v) is 23.4. The summed E-state index contributed by atoms with van der Waals surface area (Å²) in [5.41, 5.74) is -0.643. The van der Waals surface area contributed by atoms with E-state index in [2.05, 4.69) is 10.3 Å². The molecular weight excluding hydrogens is 569 g/mol. The van der Waals surface area contributed by atoms with Crippen molar-refractivity contribution in [2.24, 2.45) is 4.99 Å². The molecule has 0 bridgehead atoms. The van der Waals surface area contributed by atoms with Crippen molar-refractivity contribution < 1.29 is 35.7 Å². The van der Waals surface area contributed by atoms with Crippen molar-refractivity contribution in [1.82, 2.24) is 13.9 Å². The van der Waals surface area contributed by atoms with E-state index in [1.54, 1.807) is 32.2 Å². The fourth-order valence-electron chi connectivity index (χ4n) is 4.54. The van der Waals surface area contributed by atoms with Gasteiger partial charge in [-0.3, -0.25) is 9.79 Å². The maximum Gasteiger partial charge on any atom is 0.416 e. The number of likely N-dealkylation sites (N-methyl/N-ethyl adjacent to an activating group) is 1. The van der Waals surface area contributed by atoms with Crippen molar-refractivity contribution >= 4 is 38.8 Å². The van der Waals surface area contributed by atoms with Gasteiger partial charge in [0.25, 0.3) is 5.91 Å². The molecule has 2 aliphatic rings. The predicted molar refractivity (Wildman–Crippen MR) is 145 cm³/mol. The SMILES string of the molecule is Cc1cc(S(=O)N(C)CCO)ccc1C=CS(=O)(=O)N1CCC2(CC1)N=C(c1cccc(C(F)(F)F)c1)NC2=O. The first-order valence-corrected chi connectivity index (χ1v) is 15.0. The molecule has 2 N–H and O–H groups in total. The number of amidine groups is 1. The summed E-state index contributed by atoms with van der Waals surface area (Å²) >= 11 is 0. The van der Waals surface area contributed by atoms with Crippen LogP contribution >= 0.6 is 0 Å². The van der Waals surface area contributed by atoms with Crippen LogP contribution in [0.5, 0.6) is 0 Å². The van der Waals surface area contributed by atoms with E-state index >= 15 is 0 Å². The molecule has 1 spiro atoms. The van der Waals surface area contributed by atoms with E-state index in [1.807, 2.05) is 0 Å². The van der Waals surface area contributed by atoms with Gasteiger partial charge in [0.05, 0.1) is 17.1 Å². The summed E-state index contributed by atoms with van der Waals surface area (Å²) in [4.78, 5) is 17.8. The minimum Gasteiger partial charge on any atom is -0.395 e. The zero-order chi connectivity index (χ0) is 29.3. The second kappa shape index (κ2) is 11.5. The van der Waals surface area contributed by atoms with Gasteiger partial charge >= 0.3 is 6.18 Å². The highest BCUT2D eigenvalue weighted by Gasteiger charge is 2.47. The number of hydrogen-bond acceptors (Lipinski definition) is 6. The highest BCUT2D eigenvalue weighted by atomic mass is 32.2. The quantitative estimate of drug-likeness (QED) is 0.485. The Morgan fingerprint density at radius 1 is 1.20 bits per heavy atom. The third kappa shape index (κ3) is 6.36. The fraction of sp³-hybridized carbons (Fsp3) is 0.385. The van der Waals surface area contributed by atoms with Gasteiger partial charge in [-0.05, 0) is 61.2 Å². The van der Waals surface area contributed by atoms with E-state index in [0.29, 0.717) is 16.0 Å². The predicted octanol–water partition coefficient (Wildman–Crippen LogP) is 2.67. The number of aryl methyl sites for hydroxylation is 1. The van der Waals surface area contributed by atoms with E-state index in [9.17, 15) is 30.6 Å². The Balaban J connectivity index is 1.45. The number of halogens is 3. The van der Waals surface area contributed by atoms with Crippen LogP contribution in [0.1, 0.15) is 35.1 Å². The molecule has 1 atom stereocenters. The lowest BCUT2D eigenvalue weighted by Gasteiger charge is -2.34. The van der Waals surface area contributed by atoms with E-state index in [1.165, 1.54) is 26.8 Å². The Morgan fingerprint density at radius 3 is 2.52 bits per heavy atom. The van der Waals surface area contributed by atoms with E-state index < -0.39 is 44.2 Å². The van der Waals surface area contributed by atoms with Gasteiger partial charge in [-0.1, -0.05) is 18.2 Å². The third-order valence-electron chi connectivity index (χ3n) is 6.91. The normalized spacial score (nSPS) is 18.9. The van der Waals surface area contributed by atoms with Gasteiger partial charge in [-0.2, -0.15) is 17.5 Å². The Bertz CT molecular complexity index is 1480. The minimum absolute atomic E-state index is 0.00750. The number of rotatable bonds is 8. The molecule has 216 valence electrons. The molecule has 1 amide bonds. The number of aliphatic imine (C=N–C) groups is 1. The van der Waals surface area contributed by atoms with E-state index in [-0.39, 0.29) is 50.5 Å². The molecular formula is C26H29F3N4O5S2. The van der Waals surface area contributed by atoms with Gasteiger partial charge in [0, 0.05) is 37.7 Å². The van der Waals surface area contributed by atoms with Crippen molar-refractivity contribution in [2.45, 2.75) is 36.4 Å². The number of benzene rings is 2. The average molecular weight is 599 g/mol. The molecule has 2 aliphatic heterocycles. The molecule has 2 aromatic carbocycles. The molecule has 4 rings (SSSR count). The number of piperidine rings is 1. The molecule has 0 aromatic heterocycles. The molecule has 2 aromatic rings. The number of carbonyl (C=O) groups is 1. The maximum atomic E-state index is 13.1. The summed E-state index contributed by atoms with van der Waals surface area (Å²) < 4.78 is 80.7. The lowest BCUT2D eigenvalue weighted by atomic mass is 9.89. The van der Waals surface area contributed by atoms with Gasteiger partial charge in [0.2, 0.25) is 10.0 Å². The summed E-state index contributed by atoms with van der Waals surface area (Å²) in [6.45, 7) is 1.89. The van der Waals surface area contributed by atoms with Crippen LogP contribution < -0.4 is 5.32 Å².